The summed E-state index contributed by atoms with van der Waals surface area (Å²) in [6.45, 7) is 0.493. The molecule has 2 rings (SSSR count). The van der Waals surface area contributed by atoms with Crippen LogP contribution in [0.5, 0.6) is 0 Å². The molecular weight excluding hydrogens is 288 g/mol. The average Bonchev–Trinajstić information content (AvgIpc) is 2.54. The quantitative estimate of drug-likeness (QED) is 0.635. The standard InChI is InChI=1S/C15H20N2O5/c1-21-14(19)13-9-12(18)7-8-17(13)15(20)16-22-10-11-5-3-2-4-6-11/h2-6,12-13,18H,7-10H2,1H3,(H,16,20)/t12-,13-/m0/s1. The van der Waals surface area contributed by atoms with Gasteiger partial charge in [-0.05, 0) is 12.0 Å². The second-order valence-corrected chi connectivity index (χ2v) is 5.09. The summed E-state index contributed by atoms with van der Waals surface area (Å²) in [5.41, 5.74) is 3.24. The molecule has 7 heteroatoms. The van der Waals surface area contributed by atoms with Crippen LogP contribution in [-0.2, 0) is 21.0 Å². The lowest BCUT2D eigenvalue weighted by atomic mass is 10.00. The molecule has 1 aromatic carbocycles. The van der Waals surface area contributed by atoms with Gasteiger partial charge < -0.3 is 14.7 Å². The number of nitrogens with zero attached hydrogens (tertiary/aromatic N) is 1. The fourth-order valence-corrected chi connectivity index (χ4v) is 2.36. The van der Waals surface area contributed by atoms with Gasteiger partial charge in [0.15, 0.2) is 0 Å². The maximum absolute atomic E-state index is 12.1. The average molecular weight is 308 g/mol. The van der Waals surface area contributed by atoms with Crippen LogP contribution < -0.4 is 5.48 Å². The number of rotatable bonds is 4. The van der Waals surface area contributed by atoms with Gasteiger partial charge in [0.1, 0.15) is 6.04 Å². The number of nitrogens with one attached hydrogen (secondary N) is 1. The van der Waals surface area contributed by atoms with Crippen molar-refractivity contribution in [3.63, 3.8) is 0 Å². The summed E-state index contributed by atoms with van der Waals surface area (Å²) >= 11 is 0. The van der Waals surface area contributed by atoms with E-state index in [1.165, 1.54) is 12.0 Å². The Balaban J connectivity index is 1.88. The van der Waals surface area contributed by atoms with Crippen molar-refractivity contribution in [3.05, 3.63) is 35.9 Å². The van der Waals surface area contributed by atoms with E-state index in [0.717, 1.165) is 5.56 Å². The van der Waals surface area contributed by atoms with Gasteiger partial charge in [-0.3, -0.25) is 4.84 Å². The SMILES string of the molecule is COC(=O)[C@@H]1C[C@@H](O)CCN1C(=O)NOCc1ccccc1. The van der Waals surface area contributed by atoms with Crippen LogP contribution in [0.15, 0.2) is 30.3 Å². The molecule has 22 heavy (non-hydrogen) atoms. The number of hydrogen-bond acceptors (Lipinski definition) is 5. The van der Waals surface area contributed by atoms with E-state index in [4.69, 9.17) is 4.84 Å². The molecule has 2 amide bonds. The van der Waals surface area contributed by atoms with Gasteiger partial charge in [-0.1, -0.05) is 30.3 Å². The number of piperidine rings is 1. The Morgan fingerprint density at radius 2 is 2.09 bits per heavy atom. The minimum absolute atomic E-state index is 0.165. The van der Waals surface area contributed by atoms with Gasteiger partial charge >= 0.3 is 12.0 Å². The monoisotopic (exact) mass is 308 g/mol. The molecule has 2 N–H and O–H groups in total. The van der Waals surface area contributed by atoms with E-state index in [9.17, 15) is 14.7 Å². The molecule has 7 nitrogen and oxygen atoms in total. The molecule has 0 radical (unpaired) electrons. The topological polar surface area (TPSA) is 88.1 Å². The Morgan fingerprint density at radius 1 is 1.36 bits per heavy atom. The summed E-state index contributed by atoms with van der Waals surface area (Å²) in [6, 6.07) is 8.08. The lowest BCUT2D eigenvalue weighted by Crippen LogP contribution is -2.54. The van der Waals surface area contributed by atoms with Crippen LogP contribution in [0.25, 0.3) is 0 Å². The Bertz CT molecular complexity index is 508. The molecule has 0 aliphatic carbocycles. The zero-order valence-corrected chi connectivity index (χ0v) is 12.4. The summed E-state index contributed by atoms with van der Waals surface area (Å²) in [5, 5.41) is 9.65. The molecule has 1 aliphatic rings. The van der Waals surface area contributed by atoms with Crippen molar-refractivity contribution in [1.82, 2.24) is 10.4 Å². The highest BCUT2D eigenvalue weighted by Gasteiger charge is 2.36. The fourth-order valence-electron chi connectivity index (χ4n) is 2.36. The Labute approximate surface area is 128 Å². The van der Waals surface area contributed by atoms with Crippen LogP contribution in [0.2, 0.25) is 0 Å². The number of carbonyl (C=O) groups excluding carboxylic acids is 2. The second kappa shape index (κ2) is 7.77. The Morgan fingerprint density at radius 3 is 2.77 bits per heavy atom. The van der Waals surface area contributed by atoms with Gasteiger partial charge in [0.25, 0.3) is 0 Å². The number of carbonyl (C=O) groups is 2. The molecule has 0 spiro atoms. The number of esters is 1. The number of urea groups is 1. The van der Waals surface area contributed by atoms with Crippen molar-refractivity contribution in [3.8, 4) is 0 Å². The molecule has 1 aliphatic heterocycles. The molecule has 0 saturated carbocycles. The highest BCUT2D eigenvalue weighted by molar-refractivity contribution is 5.83. The van der Waals surface area contributed by atoms with Crippen molar-refractivity contribution >= 4 is 12.0 Å². The summed E-state index contributed by atoms with van der Waals surface area (Å²) < 4.78 is 4.68. The molecule has 1 saturated heterocycles. The van der Waals surface area contributed by atoms with E-state index in [1.807, 2.05) is 30.3 Å². The summed E-state index contributed by atoms with van der Waals surface area (Å²) in [7, 11) is 1.26. The van der Waals surface area contributed by atoms with Crippen LogP contribution in [0.3, 0.4) is 0 Å². The maximum atomic E-state index is 12.1. The molecule has 1 heterocycles. The van der Waals surface area contributed by atoms with Gasteiger partial charge in [0.05, 0.1) is 19.8 Å². The number of aliphatic hydroxyl groups is 1. The molecule has 120 valence electrons. The Hall–Kier alpha value is -2.12. The van der Waals surface area contributed by atoms with Gasteiger partial charge in [-0.2, -0.15) is 0 Å². The van der Waals surface area contributed by atoms with Crippen LogP contribution >= 0.6 is 0 Å². The van der Waals surface area contributed by atoms with Crippen LogP contribution in [0.1, 0.15) is 18.4 Å². The predicted octanol–water partition coefficient (Wildman–Crippen LogP) is 0.826. The summed E-state index contributed by atoms with van der Waals surface area (Å²) in [6.07, 6.45) is -0.0309. The molecule has 0 unspecified atom stereocenters. The number of likely N-dealkylation sites (tertiary alicyclic amines) is 1. The number of methoxy groups -OCH3 is 1. The normalized spacial score (nSPS) is 21.3. The molecule has 0 bridgehead atoms. The van der Waals surface area contributed by atoms with Gasteiger partial charge in [-0.25, -0.2) is 15.1 Å². The van der Waals surface area contributed by atoms with E-state index in [0.29, 0.717) is 6.42 Å². The third kappa shape index (κ3) is 4.19. The zero-order valence-electron chi connectivity index (χ0n) is 12.4. The molecule has 0 aromatic heterocycles. The van der Waals surface area contributed by atoms with E-state index >= 15 is 0 Å². The molecule has 1 fully saturated rings. The largest absolute Gasteiger partial charge is 0.467 e. The zero-order chi connectivity index (χ0) is 15.9. The number of hydrogen-bond donors (Lipinski definition) is 2. The van der Waals surface area contributed by atoms with E-state index in [2.05, 4.69) is 10.2 Å². The highest BCUT2D eigenvalue weighted by Crippen LogP contribution is 2.18. The van der Waals surface area contributed by atoms with E-state index in [1.54, 1.807) is 0 Å². The first-order valence-electron chi connectivity index (χ1n) is 7.10. The Kier molecular flexibility index (Phi) is 5.74. The minimum Gasteiger partial charge on any atom is -0.467 e. The molecular formula is C15H20N2O5. The predicted molar refractivity (Wildman–Crippen MR) is 77.5 cm³/mol. The molecule has 1 aromatic rings. The van der Waals surface area contributed by atoms with Gasteiger partial charge in [0.2, 0.25) is 0 Å². The fraction of sp³-hybridized carbons (Fsp3) is 0.467. The van der Waals surface area contributed by atoms with Crippen molar-refractivity contribution in [2.24, 2.45) is 0 Å². The van der Waals surface area contributed by atoms with Gasteiger partial charge in [-0.15, -0.1) is 0 Å². The van der Waals surface area contributed by atoms with E-state index in [-0.39, 0.29) is 19.6 Å². The third-order valence-corrected chi connectivity index (χ3v) is 3.55. The van der Waals surface area contributed by atoms with Crippen molar-refractivity contribution in [2.75, 3.05) is 13.7 Å². The maximum Gasteiger partial charge on any atom is 0.342 e. The summed E-state index contributed by atoms with van der Waals surface area (Å²) in [5.74, 6) is -0.544. The first-order chi connectivity index (χ1) is 10.6. The first kappa shape index (κ1) is 16.3. The third-order valence-electron chi connectivity index (χ3n) is 3.55. The van der Waals surface area contributed by atoms with Crippen molar-refractivity contribution < 1.29 is 24.3 Å². The number of benzene rings is 1. The smallest absolute Gasteiger partial charge is 0.342 e. The lowest BCUT2D eigenvalue weighted by molar-refractivity contribution is -0.149. The van der Waals surface area contributed by atoms with Crippen LogP contribution in [0.4, 0.5) is 4.79 Å². The van der Waals surface area contributed by atoms with Crippen molar-refractivity contribution in [2.45, 2.75) is 31.6 Å². The molecule has 2 atom stereocenters. The summed E-state index contributed by atoms with van der Waals surface area (Å²) in [4.78, 5) is 30.3. The van der Waals surface area contributed by atoms with Gasteiger partial charge in [0, 0.05) is 13.0 Å². The number of aliphatic hydroxyl groups excluding tert-OH is 1. The number of hydroxylamine groups is 1. The number of ether oxygens (including phenoxy) is 1. The van der Waals surface area contributed by atoms with Crippen LogP contribution in [-0.4, -0.2) is 47.8 Å². The first-order valence-corrected chi connectivity index (χ1v) is 7.10. The minimum atomic E-state index is -0.797. The van der Waals surface area contributed by atoms with Crippen LogP contribution in [0, 0.1) is 0 Å². The lowest BCUT2D eigenvalue weighted by Gasteiger charge is -2.35. The highest BCUT2D eigenvalue weighted by atomic mass is 16.7. The van der Waals surface area contributed by atoms with E-state index < -0.39 is 24.1 Å². The van der Waals surface area contributed by atoms with Crippen molar-refractivity contribution in [1.29, 1.82) is 0 Å². The number of amides is 2. The second-order valence-electron chi connectivity index (χ2n) is 5.09.